The molecule has 0 spiro atoms. The number of benzene rings is 2. The zero-order valence-electron chi connectivity index (χ0n) is 16.1. The SMILES string of the molecule is CNC(=O)c1cccc(S(=O)(=O)N2C[C@@H]3CNC[C@@H]3[C@H]2c2ccccc2C)c1. The van der Waals surface area contributed by atoms with Crippen molar-refractivity contribution in [1.82, 2.24) is 14.9 Å². The van der Waals surface area contributed by atoms with E-state index in [9.17, 15) is 13.2 Å². The number of aryl methyl sites for hydroxylation is 1. The Hall–Kier alpha value is -2.22. The Morgan fingerprint density at radius 3 is 2.68 bits per heavy atom. The summed E-state index contributed by atoms with van der Waals surface area (Å²) in [5.41, 5.74) is 2.50. The fraction of sp³-hybridized carbons (Fsp3) is 0.381. The third kappa shape index (κ3) is 3.13. The summed E-state index contributed by atoms with van der Waals surface area (Å²) in [5.74, 6) is 0.245. The van der Waals surface area contributed by atoms with E-state index in [1.54, 1.807) is 22.5 Å². The maximum atomic E-state index is 13.6. The van der Waals surface area contributed by atoms with Crippen LogP contribution in [-0.2, 0) is 10.0 Å². The number of nitrogens with zero attached hydrogens (tertiary/aromatic N) is 1. The van der Waals surface area contributed by atoms with E-state index >= 15 is 0 Å². The molecule has 1 amide bonds. The highest BCUT2D eigenvalue weighted by atomic mass is 32.2. The first-order chi connectivity index (χ1) is 13.4. The Bertz CT molecular complexity index is 1010. The molecule has 6 nitrogen and oxygen atoms in total. The van der Waals surface area contributed by atoms with Gasteiger partial charge in [-0.3, -0.25) is 4.79 Å². The first kappa shape index (κ1) is 19.1. The molecule has 3 atom stereocenters. The molecule has 2 aromatic carbocycles. The zero-order valence-corrected chi connectivity index (χ0v) is 16.9. The molecule has 2 aliphatic rings. The fourth-order valence-electron chi connectivity index (χ4n) is 4.51. The molecule has 0 bridgehead atoms. The second-order valence-corrected chi connectivity index (χ2v) is 9.46. The van der Waals surface area contributed by atoms with Gasteiger partial charge < -0.3 is 10.6 Å². The normalized spacial score (nSPS) is 24.9. The topological polar surface area (TPSA) is 78.5 Å². The van der Waals surface area contributed by atoms with Crippen LogP contribution in [0, 0.1) is 18.8 Å². The van der Waals surface area contributed by atoms with Gasteiger partial charge in [0, 0.05) is 25.7 Å². The van der Waals surface area contributed by atoms with Gasteiger partial charge in [-0.2, -0.15) is 4.31 Å². The van der Waals surface area contributed by atoms with Gasteiger partial charge in [-0.1, -0.05) is 30.3 Å². The molecule has 2 fully saturated rings. The maximum Gasteiger partial charge on any atom is 0.251 e. The van der Waals surface area contributed by atoms with Crippen molar-refractivity contribution in [3.05, 3.63) is 65.2 Å². The van der Waals surface area contributed by atoms with Crippen LogP contribution in [0.25, 0.3) is 0 Å². The highest BCUT2D eigenvalue weighted by Gasteiger charge is 2.50. The number of carbonyl (C=O) groups excluding carboxylic acids is 1. The second-order valence-electron chi connectivity index (χ2n) is 7.57. The van der Waals surface area contributed by atoms with Gasteiger partial charge in [-0.05, 0) is 54.6 Å². The van der Waals surface area contributed by atoms with Gasteiger partial charge in [0.25, 0.3) is 5.91 Å². The molecule has 2 N–H and O–H groups in total. The van der Waals surface area contributed by atoms with Crippen LogP contribution in [0.4, 0.5) is 0 Å². The molecule has 28 heavy (non-hydrogen) atoms. The van der Waals surface area contributed by atoms with Crippen LogP contribution in [0.5, 0.6) is 0 Å². The maximum absolute atomic E-state index is 13.6. The first-order valence-electron chi connectivity index (χ1n) is 9.53. The molecule has 148 valence electrons. The van der Waals surface area contributed by atoms with Crippen LogP contribution < -0.4 is 10.6 Å². The molecule has 0 aromatic heterocycles. The lowest BCUT2D eigenvalue weighted by molar-refractivity contribution is 0.0963. The van der Waals surface area contributed by atoms with E-state index in [2.05, 4.69) is 10.6 Å². The zero-order chi connectivity index (χ0) is 19.9. The molecule has 4 rings (SSSR count). The predicted octanol–water partition coefficient (Wildman–Crippen LogP) is 1.94. The van der Waals surface area contributed by atoms with Crippen LogP contribution in [0.2, 0.25) is 0 Å². The minimum Gasteiger partial charge on any atom is -0.355 e. The van der Waals surface area contributed by atoms with Crippen LogP contribution in [0.15, 0.2) is 53.4 Å². The van der Waals surface area contributed by atoms with Crippen LogP contribution in [0.3, 0.4) is 0 Å². The first-order valence-corrected chi connectivity index (χ1v) is 11.0. The number of amides is 1. The number of hydrogen-bond acceptors (Lipinski definition) is 4. The van der Waals surface area contributed by atoms with Gasteiger partial charge in [0.05, 0.1) is 10.9 Å². The van der Waals surface area contributed by atoms with Crippen LogP contribution >= 0.6 is 0 Å². The van der Waals surface area contributed by atoms with Crippen LogP contribution in [-0.4, -0.2) is 45.3 Å². The standard InChI is InChI=1S/C21H25N3O3S/c1-14-6-3-4-9-18(14)20-19-12-23-11-16(19)13-24(20)28(26,27)17-8-5-7-15(10-17)21(25)22-2/h3-10,16,19-20,23H,11-13H2,1-2H3,(H,22,25)/t16-,19-,20+/m0/s1. The lowest BCUT2D eigenvalue weighted by Gasteiger charge is -2.29. The molecule has 7 heteroatoms. The fourth-order valence-corrected chi connectivity index (χ4v) is 6.26. The summed E-state index contributed by atoms with van der Waals surface area (Å²) >= 11 is 0. The Kier molecular flexibility index (Phi) is 4.99. The van der Waals surface area contributed by atoms with Gasteiger partial charge in [0.2, 0.25) is 10.0 Å². The highest BCUT2D eigenvalue weighted by molar-refractivity contribution is 7.89. The molecule has 0 saturated carbocycles. The monoisotopic (exact) mass is 399 g/mol. The van der Waals surface area contributed by atoms with E-state index in [1.165, 1.54) is 13.1 Å². The summed E-state index contributed by atoms with van der Waals surface area (Å²) in [6.45, 7) is 4.16. The Balaban J connectivity index is 1.78. The lowest BCUT2D eigenvalue weighted by atomic mass is 9.88. The van der Waals surface area contributed by atoms with Crippen molar-refractivity contribution in [2.75, 3.05) is 26.7 Å². The van der Waals surface area contributed by atoms with Gasteiger partial charge in [-0.25, -0.2) is 8.42 Å². The average molecular weight is 400 g/mol. The molecule has 2 heterocycles. The second kappa shape index (κ2) is 7.31. The third-order valence-corrected chi connectivity index (χ3v) is 7.80. The minimum absolute atomic E-state index is 0.167. The smallest absolute Gasteiger partial charge is 0.251 e. The van der Waals surface area contributed by atoms with Crippen molar-refractivity contribution in [3.63, 3.8) is 0 Å². The van der Waals surface area contributed by atoms with Crippen molar-refractivity contribution in [2.24, 2.45) is 11.8 Å². The van der Waals surface area contributed by atoms with Crippen molar-refractivity contribution < 1.29 is 13.2 Å². The number of carbonyl (C=O) groups is 1. The Morgan fingerprint density at radius 1 is 1.14 bits per heavy atom. The van der Waals surface area contributed by atoms with E-state index < -0.39 is 10.0 Å². The largest absolute Gasteiger partial charge is 0.355 e. The molecule has 2 aromatic rings. The Morgan fingerprint density at radius 2 is 1.93 bits per heavy atom. The predicted molar refractivity (Wildman–Crippen MR) is 107 cm³/mol. The van der Waals surface area contributed by atoms with E-state index in [1.807, 2.05) is 31.2 Å². The van der Waals surface area contributed by atoms with Crippen molar-refractivity contribution in [1.29, 1.82) is 0 Å². The summed E-state index contributed by atoms with van der Waals surface area (Å²) in [5, 5.41) is 5.96. The van der Waals surface area contributed by atoms with Gasteiger partial charge >= 0.3 is 0 Å². The third-order valence-electron chi connectivity index (χ3n) is 5.96. The van der Waals surface area contributed by atoms with Crippen molar-refractivity contribution in [3.8, 4) is 0 Å². The number of sulfonamides is 1. The van der Waals surface area contributed by atoms with E-state index in [4.69, 9.17) is 0 Å². The van der Waals surface area contributed by atoms with Gasteiger partial charge in [0.15, 0.2) is 0 Å². The van der Waals surface area contributed by atoms with Crippen molar-refractivity contribution >= 4 is 15.9 Å². The highest BCUT2D eigenvalue weighted by Crippen LogP contribution is 2.46. The summed E-state index contributed by atoms with van der Waals surface area (Å²) in [4.78, 5) is 12.1. The van der Waals surface area contributed by atoms with E-state index in [-0.39, 0.29) is 22.8 Å². The number of rotatable bonds is 4. The molecule has 2 aliphatic heterocycles. The van der Waals surface area contributed by atoms with Crippen molar-refractivity contribution in [2.45, 2.75) is 17.9 Å². The molecule has 0 aliphatic carbocycles. The Labute approximate surface area is 166 Å². The molecular weight excluding hydrogens is 374 g/mol. The number of hydrogen-bond donors (Lipinski definition) is 2. The van der Waals surface area contributed by atoms with Gasteiger partial charge in [-0.15, -0.1) is 0 Å². The quantitative estimate of drug-likeness (QED) is 0.824. The minimum atomic E-state index is -3.73. The summed E-state index contributed by atoms with van der Waals surface area (Å²) in [6.07, 6.45) is 0. The molecule has 2 saturated heterocycles. The average Bonchev–Trinajstić information content (AvgIpc) is 3.29. The number of fused-ring (bicyclic) bond motifs is 1. The molecular formula is C21H25N3O3S. The van der Waals surface area contributed by atoms with E-state index in [0.29, 0.717) is 18.0 Å². The summed E-state index contributed by atoms with van der Waals surface area (Å²) in [6, 6.07) is 14.1. The number of nitrogens with one attached hydrogen (secondary N) is 2. The van der Waals surface area contributed by atoms with E-state index in [0.717, 1.165) is 24.2 Å². The van der Waals surface area contributed by atoms with Crippen LogP contribution in [0.1, 0.15) is 27.5 Å². The van der Waals surface area contributed by atoms with Gasteiger partial charge in [0.1, 0.15) is 0 Å². The lowest BCUT2D eigenvalue weighted by Crippen LogP contribution is -2.35. The summed E-state index contributed by atoms with van der Waals surface area (Å²) < 4.78 is 28.8. The molecule has 0 unspecified atom stereocenters. The summed E-state index contributed by atoms with van der Waals surface area (Å²) in [7, 11) is -2.20. The molecule has 0 radical (unpaired) electrons.